The normalized spacial score (nSPS) is 12.3. The van der Waals surface area contributed by atoms with Gasteiger partial charge in [0.05, 0.1) is 25.3 Å². The van der Waals surface area contributed by atoms with Crippen molar-refractivity contribution in [1.82, 2.24) is 5.32 Å². The van der Waals surface area contributed by atoms with Crippen molar-refractivity contribution in [1.29, 1.82) is 0 Å². The third-order valence-corrected chi connectivity index (χ3v) is 2.74. The number of hydrogen-bond donors (Lipinski definition) is 2. The molecule has 1 rings (SSSR count). The number of aliphatic hydroxyl groups excluding tert-OH is 1. The molecule has 0 spiro atoms. The average Bonchev–Trinajstić information content (AvgIpc) is 2.34. The van der Waals surface area contributed by atoms with Gasteiger partial charge in [0.15, 0.2) is 0 Å². The number of aliphatic hydroxyl groups is 1. The Bertz CT molecular complexity index is 421. The van der Waals surface area contributed by atoms with E-state index in [4.69, 9.17) is 9.84 Å². The Kier molecular flexibility index (Phi) is 5.09. The Morgan fingerprint density at radius 2 is 2.17 bits per heavy atom. The molecule has 1 aromatic rings. The van der Waals surface area contributed by atoms with Crippen molar-refractivity contribution in [3.05, 3.63) is 29.6 Å². The molecule has 0 saturated carbocycles. The first-order valence-electron chi connectivity index (χ1n) is 5.74. The second-order valence-corrected chi connectivity index (χ2v) is 4.35. The van der Waals surface area contributed by atoms with Gasteiger partial charge in [-0.3, -0.25) is 4.79 Å². The van der Waals surface area contributed by atoms with Crippen LogP contribution < -0.4 is 10.1 Å². The van der Waals surface area contributed by atoms with Gasteiger partial charge in [-0.15, -0.1) is 0 Å². The number of hydrogen-bond acceptors (Lipinski definition) is 3. The predicted octanol–water partition coefficient (Wildman–Crippen LogP) is 1.58. The topological polar surface area (TPSA) is 58.6 Å². The van der Waals surface area contributed by atoms with E-state index in [1.54, 1.807) is 0 Å². The van der Waals surface area contributed by atoms with Gasteiger partial charge in [0.2, 0.25) is 0 Å². The lowest BCUT2D eigenvalue weighted by Gasteiger charge is -2.20. The molecule has 0 unspecified atom stereocenters. The van der Waals surface area contributed by atoms with Gasteiger partial charge in [0, 0.05) is 6.07 Å². The lowest BCUT2D eigenvalue weighted by molar-refractivity contribution is 0.0892. The molecule has 0 aliphatic heterocycles. The highest BCUT2D eigenvalue weighted by Crippen LogP contribution is 2.16. The van der Waals surface area contributed by atoms with Crippen LogP contribution in [0.25, 0.3) is 0 Å². The van der Waals surface area contributed by atoms with E-state index in [2.05, 4.69) is 5.32 Å². The maximum Gasteiger partial charge on any atom is 0.254 e. The molecule has 0 radical (unpaired) electrons. The maximum absolute atomic E-state index is 13.6. The molecular formula is C13H18FNO3. The van der Waals surface area contributed by atoms with E-state index < -0.39 is 11.7 Å². The van der Waals surface area contributed by atoms with E-state index in [9.17, 15) is 9.18 Å². The molecule has 0 saturated heterocycles. The fourth-order valence-electron chi connectivity index (χ4n) is 1.48. The number of rotatable bonds is 5. The summed E-state index contributed by atoms with van der Waals surface area (Å²) in [5.74, 6) is -0.762. The summed E-state index contributed by atoms with van der Waals surface area (Å²) < 4.78 is 18.5. The number of amides is 1. The molecule has 1 aromatic carbocycles. The highest BCUT2D eigenvalue weighted by Gasteiger charge is 2.18. The van der Waals surface area contributed by atoms with Crippen LogP contribution in [0.5, 0.6) is 5.75 Å². The van der Waals surface area contributed by atoms with Crippen molar-refractivity contribution < 1.29 is 19.0 Å². The van der Waals surface area contributed by atoms with Gasteiger partial charge >= 0.3 is 0 Å². The molecule has 0 aromatic heterocycles. The Balaban J connectivity index is 2.84. The third-order valence-electron chi connectivity index (χ3n) is 2.74. The van der Waals surface area contributed by atoms with Crippen molar-refractivity contribution in [2.24, 2.45) is 5.92 Å². The molecule has 0 bridgehead atoms. The SMILES string of the molecule is COc1ccc(C(=O)N[C@H](CO)C(C)C)c(F)c1. The number of halogens is 1. The molecule has 100 valence electrons. The molecular weight excluding hydrogens is 237 g/mol. The monoisotopic (exact) mass is 255 g/mol. The summed E-state index contributed by atoms with van der Waals surface area (Å²) in [6, 6.07) is 3.64. The molecule has 2 N–H and O–H groups in total. The van der Waals surface area contributed by atoms with Crippen molar-refractivity contribution in [3.8, 4) is 5.75 Å². The van der Waals surface area contributed by atoms with E-state index in [0.29, 0.717) is 5.75 Å². The second kappa shape index (κ2) is 6.35. The lowest BCUT2D eigenvalue weighted by Crippen LogP contribution is -2.41. The van der Waals surface area contributed by atoms with Crippen molar-refractivity contribution in [3.63, 3.8) is 0 Å². The fraction of sp³-hybridized carbons (Fsp3) is 0.462. The molecule has 0 aliphatic carbocycles. The summed E-state index contributed by atoms with van der Waals surface area (Å²) in [5, 5.41) is 11.7. The van der Waals surface area contributed by atoms with Gasteiger partial charge in [-0.2, -0.15) is 0 Å². The smallest absolute Gasteiger partial charge is 0.254 e. The van der Waals surface area contributed by atoms with Crippen molar-refractivity contribution >= 4 is 5.91 Å². The van der Waals surface area contributed by atoms with Gasteiger partial charge < -0.3 is 15.2 Å². The van der Waals surface area contributed by atoms with Crippen LogP contribution in [0, 0.1) is 11.7 Å². The number of ether oxygens (including phenoxy) is 1. The minimum Gasteiger partial charge on any atom is -0.497 e. The Labute approximate surface area is 106 Å². The number of carbonyl (C=O) groups is 1. The predicted molar refractivity (Wildman–Crippen MR) is 66.1 cm³/mol. The highest BCUT2D eigenvalue weighted by molar-refractivity contribution is 5.94. The van der Waals surface area contributed by atoms with Crippen LogP contribution in [0.15, 0.2) is 18.2 Å². The first-order chi connectivity index (χ1) is 8.49. The molecule has 1 atom stereocenters. The third kappa shape index (κ3) is 3.43. The van der Waals surface area contributed by atoms with Gasteiger partial charge in [-0.05, 0) is 18.1 Å². The molecule has 0 fully saturated rings. The van der Waals surface area contributed by atoms with Crippen LogP contribution in [0.2, 0.25) is 0 Å². The Morgan fingerprint density at radius 3 is 2.61 bits per heavy atom. The van der Waals surface area contributed by atoms with E-state index >= 15 is 0 Å². The van der Waals surface area contributed by atoms with Gasteiger partial charge in [0.25, 0.3) is 5.91 Å². The molecule has 0 heterocycles. The molecule has 1 amide bonds. The van der Waals surface area contributed by atoms with Gasteiger partial charge in [-0.1, -0.05) is 13.8 Å². The average molecular weight is 255 g/mol. The number of methoxy groups -OCH3 is 1. The Hall–Kier alpha value is -1.62. The summed E-state index contributed by atoms with van der Waals surface area (Å²) in [5.41, 5.74) is -0.0603. The first-order valence-corrected chi connectivity index (χ1v) is 5.74. The van der Waals surface area contributed by atoms with Crippen LogP contribution in [0.1, 0.15) is 24.2 Å². The minimum absolute atomic E-state index is 0.0603. The summed E-state index contributed by atoms with van der Waals surface area (Å²) in [6.07, 6.45) is 0. The zero-order valence-electron chi connectivity index (χ0n) is 10.7. The first kappa shape index (κ1) is 14.4. The van der Waals surface area contributed by atoms with Crippen LogP contribution in [-0.4, -0.2) is 30.8 Å². The van der Waals surface area contributed by atoms with Crippen LogP contribution in [0.3, 0.4) is 0 Å². The summed E-state index contributed by atoms with van der Waals surface area (Å²) in [4.78, 5) is 11.8. The van der Waals surface area contributed by atoms with E-state index in [-0.39, 0.29) is 24.1 Å². The van der Waals surface area contributed by atoms with Gasteiger partial charge in [-0.25, -0.2) is 4.39 Å². The summed E-state index contributed by atoms with van der Waals surface area (Å²) in [6.45, 7) is 3.55. The zero-order valence-corrected chi connectivity index (χ0v) is 10.7. The summed E-state index contributed by atoms with van der Waals surface area (Å²) in [7, 11) is 1.43. The molecule has 18 heavy (non-hydrogen) atoms. The lowest BCUT2D eigenvalue weighted by atomic mass is 10.0. The molecule has 5 heteroatoms. The van der Waals surface area contributed by atoms with E-state index in [1.165, 1.54) is 19.2 Å². The summed E-state index contributed by atoms with van der Waals surface area (Å²) >= 11 is 0. The van der Waals surface area contributed by atoms with E-state index in [1.807, 2.05) is 13.8 Å². The second-order valence-electron chi connectivity index (χ2n) is 4.35. The van der Waals surface area contributed by atoms with Crippen molar-refractivity contribution in [2.45, 2.75) is 19.9 Å². The van der Waals surface area contributed by atoms with E-state index in [0.717, 1.165) is 6.07 Å². The Morgan fingerprint density at radius 1 is 1.50 bits per heavy atom. The van der Waals surface area contributed by atoms with Gasteiger partial charge in [0.1, 0.15) is 11.6 Å². The minimum atomic E-state index is -0.646. The van der Waals surface area contributed by atoms with Crippen LogP contribution >= 0.6 is 0 Å². The zero-order chi connectivity index (χ0) is 13.7. The fourth-order valence-corrected chi connectivity index (χ4v) is 1.48. The standard InChI is InChI=1S/C13H18FNO3/c1-8(2)12(7-16)15-13(17)10-5-4-9(18-3)6-11(10)14/h4-6,8,12,16H,7H2,1-3H3,(H,15,17)/t12-/m1/s1. The van der Waals surface area contributed by atoms with Crippen LogP contribution in [0.4, 0.5) is 4.39 Å². The van der Waals surface area contributed by atoms with Crippen LogP contribution in [-0.2, 0) is 0 Å². The number of carbonyl (C=O) groups excluding carboxylic acids is 1. The quantitative estimate of drug-likeness (QED) is 0.840. The molecule has 4 nitrogen and oxygen atoms in total. The van der Waals surface area contributed by atoms with Crippen molar-refractivity contribution in [2.75, 3.05) is 13.7 Å². The maximum atomic E-state index is 13.6. The number of nitrogens with one attached hydrogen (secondary N) is 1. The highest BCUT2D eigenvalue weighted by atomic mass is 19.1. The molecule has 0 aliphatic rings. The number of benzene rings is 1. The largest absolute Gasteiger partial charge is 0.497 e.